The number of methoxy groups -OCH3 is 1. The van der Waals surface area contributed by atoms with Crippen LogP contribution in [0.3, 0.4) is 0 Å². The van der Waals surface area contributed by atoms with Crippen molar-refractivity contribution in [3.8, 4) is 11.3 Å². The molecule has 1 fully saturated rings. The van der Waals surface area contributed by atoms with Gasteiger partial charge in [-0.3, -0.25) is 9.59 Å². The molecular weight excluding hydrogens is 436 g/mol. The number of benzene rings is 2. The maximum atomic E-state index is 12.1. The van der Waals surface area contributed by atoms with Crippen LogP contribution in [0.15, 0.2) is 58.9 Å². The highest BCUT2D eigenvalue weighted by molar-refractivity contribution is 7.07. The topological polar surface area (TPSA) is 75.9 Å². The molecule has 4 rings (SSSR count). The van der Waals surface area contributed by atoms with E-state index in [9.17, 15) is 9.59 Å². The van der Waals surface area contributed by atoms with E-state index in [0.29, 0.717) is 18.7 Å². The smallest absolute Gasteiger partial charge is 0.227 e. The molecule has 0 spiro atoms. The average Bonchev–Trinajstić information content (AvgIpc) is 3.40. The Morgan fingerprint density at radius 2 is 2.03 bits per heavy atom. The van der Waals surface area contributed by atoms with E-state index in [2.05, 4.69) is 34.3 Å². The summed E-state index contributed by atoms with van der Waals surface area (Å²) >= 11 is 1.56. The Morgan fingerprint density at radius 1 is 1.24 bits per heavy atom. The third-order valence-electron chi connectivity index (χ3n) is 5.53. The van der Waals surface area contributed by atoms with Crippen molar-refractivity contribution in [2.75, 3.05) is 30.5 Å². The van der Waals surface area contributed by atoms with Gasteiger partial charge in [0.25, 0.3) is 0 Å². The lowest BCUT2D eigenvalue weighted by molar-refractivity contribution is -0.117. The number of rotatable bonds is 7. The Labute approximate surface area is 197 Å². The summed E-state index contributed by atoms with van der Waals surface area (Å²) in [5.41, 5.74) is 4.51. The summed E-state index contributed by atoms with van der Waals surface area (Å²) in [6.07, 6.45) is 1.53. The molecule has 1 aliphatic rings. The molecule has 0 aliphatic carbocycles. The number of hydrogen-bond acceptors (Lipinski definition) is 5. The van der Waals surface area contributed by atoms with Crippen LogP contribution in [-0.2, 0) is 14.3 Å². The second kappa shape index (κ2) is 10.1. The number of hydrogen-bond donors (Lipinski definition) is 1. The van der Waals surface area contributed by atoms with Gasteiger partial charge in [0.05, 0.1) is 24.0 Å². The van der Waals surface area contributed by atoms with Gasteiger partial charge in [0.2, 0.25) is 11.8 Å². The predicted molar refractivity (Wildman–Crippen MR) is 132 cm³/mol. The minimum atomic E-state index is -0.117. The second-order valence-corrected chi connectivity index (χ2v) is 8.95. The summed E-state index contributed by atoms with van der Waals surface area (Å²) in [5.74, 6) is 0.0676. The molecule has 1 aromatic heterocycles. The van der Waals surface area contributed by atoms with Crippen molar-refractivity contribution in [2.45, 2.75) is 32.7 Å². The van der Waals surface area contributed by atoms with Gasteiger partial charge in [-0.15, -0.1) is 11.3 Å². The molecule has 1 aliphatic heterocycles. The average molecular weight is 465 g/mol. The highest BCUT2D eigenvalue weighted by atomic mass is 32.1. The first-order valence-corrected chi connectivity index (χ1v) is 11.9. The molecule has 1 saturated heterocycles. The molecule has 2 aromatic carbocycles. The highest BCUT2D eigenvalue weighted by Gasteiger charge is 2.22. The fourth-order valence-electron chi connectivity index (χ4n) is 4.05. The second-order valence-electron chi connectivity index (χ2n) is 8.12. The first kappa shape index (κ1) is 22.9. The quantitative estimate of drug-likeness (QED) is 0.549. The third kappa shape index (κ3) is 5.23. The van der Waals surface area contributed by atoms with E-state index in [1.165, 1.54) is 6.92 Å². The molecule has 1 unspecified atom stereocenters. The Balaban J connectivity index is 1.72. The maximum Gasteiger partial charge on any atom is 0.227 e. The van der Waals surface area contributed by atoms with E-state index in [4.69, 9.17) is 9.73 Å². The van der Waals surface area contributed by atoms with Gasteiger partial charge >= 0.3 is 0 Å². The van der Waals surface area contributed by atoms with Gasteiger partial charge in [0.1, 0.15) is 0 Å². The Morgan fingerprint density at radius 3 is 2.70 bits per heavy atom. The number of anilines is 2. The van der Waals surface area contributed by atoms with Crippen LogP contribution in [0.5, 0.6) is 0 Å². The number of thiazole rings is 1. The molecule has 2 heterocycles. The minimum absolute atomic E-state index is 0.0633. The van der Waals surface area contributed by atoms with E-state index in [1.54, 1.807) is 18.4 Å². The zero-order valence-corrected chi connectivity index (χ0v) is 19.9. The van der Waals surface area contributed by atoms with E-state index in [1.807, 2.05) is 41.3 Å². The number of nitrogens with zero attached hydrogens (tertiary/aromatic N) is 3. The number of aromatic nitrogens is 1. The number of amides is 2. The molecule has 0 bridgehead atoms. The van der Waals surface area contributed by atoms with Crippen LogP contribution in [0.2, 0.25) is 0 Å². The van der Waals surface area contributed by atoms with Gasteiger partial charge in [-0.05, 0) is 49.2 Å². The van der Waals surface area contributed by atoms with E-state index >= 15 is 0 Å². The maximum absolute atomic E-state index is 12.1. The molecule has 0 saturated carbocycles. The van der Waals surface area contributed by atoms with Crippen LogP contribution in [-0.4, -0.2) is 36.6 Å². The van der Waals surface area contributed by atoms with Crippen LogP contribution in [0, 0.1) is 0 Å². The normalized spacial score (nSPS) is 15.2. The lowest BCUT2D eigenvalue weighted by Gasteiger charge is -2.18. The number of nitrogens with one attached hydrogen (secondary N) is 1. The van der Waals surface area contributed by atoms with Crippen LogP contribution >= 0.6 is 11.3 Å². The predicted octanol–water partition coefficient (Wildman–Crippen LogP) is 4.74. The van der Waals surface area contributed by atoms with E-state index < -0.39 is 0 Å². The molecule has 1 atom stereocenters. The van der Waals surface area contributed by atoms with Gasteiger partial charge in [0.15, 0.2) is 4.80 Å². The Hall–Kier alpha value is -3.23. The standard InChI is InChI=1S/C25H28N4O3S/c1-17(15-32-3)29-23(19-9-11-22(12-10-19)28-13-5-8-24(28)31)16-33-25(29)27-21-7-4-6-20(14-21)26-18(2)30/h4,6-7,9-12,14,16-17H,5,8,13,15H2,1-3H3,(H,26,30). The van der Waals surface area contributed by atoms with Crippen molar-refractivity contribution < 1.29 is 14.3 Å². The fraction of sp³-hybridized carbons (Fsp3) is 0.320. The molecular formula is C25H28N4O3S. The van der Waals surface area contributed by atoms with Crippen LogP contribution in [0.25, 0.3) is 11.3 Å². The summed E-state index contributed by atoms with van der Waals surface area (Å²) in [6.45, 7) is 4.91. The molecule has 2 amide bonds. The molecule has 3 aromatic rings. The summed E-state index contributed by atoms with van der Waals surface area (Å²) in [4.78, 5) is 31.0. The van der Waals surface area contributed by atoms with Crippen molar-refractivity contribution in [3.63, 3.8) is 0 Å². The SMILES string of the molecule is COCC(C)n1c(-c2ccc(N3CCCC3=O)cc2)csc1=Nc1cccc(NC(C)=O)c1. The number of carbonyl (C=O) groups is 2. The molecule has 7 nitrogen and oxygen atoms in total. The van der Waals surface area contributed by atoms with Crippen molar-refractivity contribution in [1.29, 1.82) is 0 Å². The molecule has 1 N–H and O–H groups in total. The zero-order valence-electron chi connectivity index (χ0n) is 19.1. The monoisotopic (exact) mass is 464 g/mol. The van der Waals surface area contributed by atoms with Crippen molar-refractivity contribution in [3.05, 3.63) is 58.7 Å². The third-order valence-corrected chi connectivity index (χ3v) is 6.37. The van der Waals surface area contributed by atoms with Crippen molar-refractivity contribution in [2.24, 2.45) is 4.99 Å². The first-order valence-electron chi connectivity index (χ1n) is 11.0. The number of carbonyl (C=O) groups excluding carboxylic acids is 2. The molecule has 8 heteroatoms. The Bertz CT molecular complexity index is 1210. The lowest BCUT2D eigenvalue weighted by Crippen LogP contribution is -2.24. The molecule has 172 valence electrons. The zero-order chi connectivity index (χ0) is 23.4. The van der Waals surface area contributed by atoms with Gasteiger partial charge in [-0.25, -0.2) is 4.99 Å². The van der Waals surface area contributed by atoms with E-state index in [0.717, 1.165) is 40.4 Å². The van der Waals surface area contributed by atoms with Gasteiger partial charge in [-0.1, -0.05) is 18.2 Å². The van der Waals surface area contributed by atoms with Crippen molar-refractivity contribution in [1.82, 2.24) is 4.57 Å². The molecule has 0 radical (unpaired) electrons. The summed E-state index contributed by atoms with van der Waals surface area (Å²) < 4.78 is 7.61. The number of ether oxygens (including phenoxy) is 1. The van der Waals surface area contributed by atoms with Gasteiger partial charge in [-0.2, -0.15) is 0 Å². The van der Waals surface area contributed by atoms with Crippen molar-refractivity contribution >= 4 is 40.2 Å². The van der Waals surface area contributed by atoms with E-state index in [-0.39, 0.29) is 17.9 Å². The summed E-state index contributed by atoms with van der Waals surface area (Å²) in [7, 11) is 1.69. The first-order chi connectivity index (χ1) is 16.0. The highest BCUT2D eigenvalue weighted by Crippen LogP contribution is 2.28. The van der Waals surface area contributed by atoms with Crippen LogP contribution < -0.4 is 15.0 Å². The van der Waals surface area contributed by atoms with Crippen LogP contribution in [0.1, 0.15) is 32.7 Å². The molecule has 33 heavy (non-hydrogen) atoms. The van der Waals surface area contributed by atoms with Gasteiger partial charge in [0, 0.05) is 43.8 Å². The van der Waals surface area contributed by atoms with Crippen LogP contribution in [0.4, 0.5) is 17.1 Å². The summed E-state index contributed by atoms with van der Waals surface area (Å²) in [6, 6.07) is 15.7. The largest absolute Gasteiger partial charge is 0.383 e. The lowest BCUT2D eigenvalue weighted by atomic mass is 10.1. The minimum Gasteiger partial charge on any atom is -0.383 e. The van der Waals surface area contributed by atoms with Gasteiger partial charge < -0.3 is 19.5 Å². The Kier molecular flexibility index (Phi) is 7.05. The summed E-state index contributed by atoms with van der Waals surface area (Å²) in [5, 5.41) is 4.90. The fourth-order valence-corrected chi connectivity index (χ4v) is 5.07.